The molecule has 5 heteroatoms. The molecule has 0 amide bonds. The van der Waals surface area contributed by atoms with Crippen LogP contribution in [0, 0.1) is 11.3 Å². The number of β-amino-alcohol motifs (C(OH)–C–C–N with tert-alkyl or cyclic N) is 1. The Kier molecular flexibility index (Phi) is 4.44. The van der Waals surface area contributed by atoms with Gasteiger partial charge >= 0.3 is 0 Å². The van der Waals surface area contributed by atoms with Gasteiger partial charge in [-0.25, -0.2) is 0 Å². The Morgan fingerprint density at radius 1 is 1.23 bits per heavy atom. The number of hydrogen-bond donors (Lipinski definition) is 1. The number of nitriles is 1. The first-order valence-electron chi connectivity index (χ1n) is 7.79. The lowest BCUT2D eigenvalue weighted by Gasteiger charge is -2.35. The SMILES string of the molecule is C[C@H](O)CN1CCN(Cc2cn3ccccc3c2C#N)CC1. The number of pyridine rings is 1. The zero-order valence-electron chi connectivity index (χ0n) is 12.9. The molecule has 1 aliphatic rings. The minimum Gasteiger partial charge on any atom is -0.392 e. The highest BCUT2D eigenvalue weighted by Crippen LogP contribution is 2.20. The topological polar surface area (TPSA) is 54.9 Å². The molecule has 1 saturated heterocycles. The van der Waals surface area contributed by atoms with E-state index in [2.05, 4.69) is 22.1 Å². The van der Waals surface area contributed by atoms with E-state index in [-0.39, 0.29) is 6.10 Å². The maximum atomic E-state index is 9.46. The van der Waals surface area contributed by atoms with Crippen molar-refractivity contribution in [1.29, 1.82) is 5.26 Å². The van der Waals surface area contributed by atoms with Gasteiger partial charge in [-0.1, -0.05) is 6.07 Å². The van der Waals surface area contributed by atoms with E-state index in [4.69, 9.17) is 0 Å². The summed E-state index contributed by atoms with van der Waals surface area (Å²) >= 11 is 0. The van der Waals surface area contributed by atoms with Gasteiger partial charge in [0.25, 0.3) is 0 Å². The third kappa shape index (κ3) is 3.14. The maximum absolute atomic E-state index is 9.46. The smallest absolute Gasteiger partial charge is 0.102 e. The monoisotopic (exact) mass is 298 g/mol. The molecule has 22 heavy (non-hydrogen) atoms. The van der Waals surface area contributed by atoms with Crippen molar-refractivity contribution in [3.05, 3.63) is 41.7 Å². The molecular formula is C17H22N4O. The van der Waals surface area contributed by atoms with Crippen LogP contribution in [0.3, 0.4) is 0 Å². The van der Waals surface area contributed by atoms with Crippen molar-refractivity contribution in [3.63, 3.8) is 0 Å². The van der Waals surface area contributed by atoms with E-state index in [1.165, 1.54) is 0 Å². The number of rotatable bonds is 4. The summed E-state index contributed by atoms with van der Waals surface area (Å²) in [5.74, 6) is 0. The Balaban J connectivity index is 1.69. The Morgan fingerprint density at radius 3 is 2.64 bits per heavy atom. The van der Waals surface area contributed by atoms with Crippen LogP contribution in [0.1, 0.15) is 18.1 Å². The van der Waals surface area contributed by atoms with Crippen LogP contribution in [0.2, 0.25) is 0 Å². The van der Waals surface area contributed by atoms with E-state index in [0.29, 0.717) is 0 Å². The first-order valence-corrected chi connectivity index (χ1v) is 7.79. The van der Waals surface area contributed by atoms with Crippen LogP contribution in [0.15, 0.2) is 30.6 Å². The van der Waals surface area contributed by atoms with Crippen molar-refractivity contribution in [2.75, 3.05) is 32.7 Å². The largest absolute Gasteiger partial charge is 0.392 e. The third-order valence-electron chi connectivity index (χ3n) is 4.26. The van der Waals surface area contributed by atoms with E-state index in [1.807, 2.05) is 35.7 Å². The number of nitrogens with zero attached hydrogens (tertiary/aromatic N) is 4. The molecule has 0 aliphatic carbocycles. The van der Waals surface area contributed by atoms with Crippen molar-refractivity contribution in [2.24, 2.45) is 0 Å². The zero-order valence-corrected chi connectivity index (χ0v) is 12.9. The van der Waals surface area contributed by atoms with Crippen LogP contribution in [0.4, 0.5) is 0 Å². The summed E-state index contributed by atoms with van der Waals surface area (Å²) in [6.07, 6.45) is 3.78. The van der Waals surface area contributed by atoms with Crippen molar-refractivity contribution in [1.82, 2.24) is 14.2 Å². The Labute approximate surface area is 131 Å². The Morgan fingerprint density at radius 2 is 1.95 bits per heavy atom. The van der Waals surface area contributed by atoms with Gasteiger partial charge in [-0.3, -0.25) is 9.80 Å². The number of aromatic nitrogens is 1. The predicted molar refractivity (Wildman–Crippen MR) is 85.5 cm³/mol. The molecule has 116 valence electrons. The summed E-state index contributed by atoms with van der Waals surface area (Å²) < 4.78 is 2.03. The quantitative estimate of drug-likeness (QED) is 0.924. The molecule has 0 aromatic carbocycles. The molecule has 2 aromatic heterocycles. The van der Waals surface area contributed by atoms with E-state index < -0.39 is 0 Å². The predicted octanol–water partition coefficient (Wildman–Crippen LogP) is 1.31. The van der Waals surface area contributed by atoms with Gasteiger partial charge in [0.05, 0.1) is 17.2 Å². The van der Waals surface area contributed by atoms with Crippen molar-refractivity contribution < 1.29 is 5.11 Å². The van der Waals surface area contributed by atoms with E-state index in [1.54, 1.807) is 0 Å². The molecule has 0 spiro atoms. The first kappa shape index (κ1) is 15.0. The summed E-state index contributed by atoms with van der Waals surface area (Å²) in [4.78, 5) is 4.68. The molecule has 2 aromatic rings. The first-order chi connectivity index (χ1) is 10.7. The highest BCUT2D eigenvalue weighted by Gasteiger charge is 2.20. The second-order valence-electron chi connectivity index (χ2n) is 6.06. The van der Waals surface area contributed by atoms with Gasteiger partial charge in [0.2, 0.25) is 0 Å². The minimum absolute atomic E-state index is 0.270. The van der Waals surface area contributed by atoms with Crippen molar-refractivity contribution in [2.45, 2.75) is 19.6 Å². The van der Waals surface area contributed by atoms with Crippen LogP contribution < -0.4 is 0 Å². The van der Waals surface area contributed by atoms with Gasteiger partial charge in [-0.05, 0) is 19.1 Å². The second-order valence-corrected chi connectivity index (χ2v) is 6.06. The summed E-state index contributed by atoms with van der Waals surface area (Å²) in [7, 11) is 0. The summed E-state index contributed by atoms with van der Waals surface area (Å²) in [6, 6.07) is 8.29. The Hall–Kier alpha value is -1.87. The lowest BCUT2D eigenvalue weighted by Crippen LogP contribution is -2.47. The molecule has 0 saturated carbocycles. The van der Waals surface area contributed by atoms with Crippen molar-refractivity contribution >= 4 is 5.52 Å². The maximum Gasteiger partial charge on any atom is 0.102 e. The fraction of sp³-hybridized carbons (Fsp3) is 0.471. The molecular weight excluding hydrogens is 276 g/mol. The molecule has 0 unspecified atom stereocenters. The van der Waals surface area contributed by atoms with E-state index >= 15 is 0 Å². The molecule has 0 bridgehead atoms. The average molecular weight is 298 g/mol. The van der Waals surface area contributed by atoms with Gasteiger partial charge < -0.3 is 9.51 Å². The lowest BCUT2D eigenvalue weighted by atomic mass is 10.1. The van der Waals surface area contributed by atoms with Gasteiger partial charge in [-0.15, -0.1) is 0 Å². The van der Waals surface area contributed by atoms with Gasteiger partial charge in [0.15, 0.2) is 0 Å². The normalized spacial score (nSPS) is 18.4. The second kappa shape index (κ2) is 6.49. The van der Waals surface area contributed by atoms with Crippen LogP contribution in [0.25, 0.3) is 5.52 Å². The molecule has 1 fully saturated rings. The average Bonchev–Trinajstić information content (AvgIpc) is 2.85. The van der Waals surface area contributed by atoms with E-state index in [0.717, 1.165) is 55.9 Å². The Bertz CT molecular complexity index is 678. The van der Waals surface area contributed by atoms with Crippen LogP contribution in [-0.4, -0.2) is 58.1 Å². The molecule has 1 atom stereocenters. The lowest BCUT2D eigenvalue weighted by molar-refractivity contribution is 0.0781. The molecule has 1 aliphatic heterocycles. The number of piperazine rings is 1. The number of hydrogen-bond acceptors (Lipinski definition) is 4. The van der Waals surface area contributed by atoms with Crippen LogP contribution in [-0.2, 0) is 6.54 Å². The number of aliphatic hydroxyl groups is 1. The molecule has 3 rings (SSSR count). The van der Waals surface area contributed by atoms with E-state index in [9.17, 15) is 10.4 Å². The van der Waals surface area contributed by atoms with Gasteiger partial charge in [0, 0.05) is 57.2 Å². The summed E-state index contributed by atoms with van der Waals surface area (Å²) in [6.45, 7) is 7.28. The standard InChI is InChI=1S/C17H22N4O/c1-14(22)11-19-6-8-20(9-7-19)12-15-13-21-5-3-2-4-17(21)16(15)10-18/h2-5,13-14,22H,6-9,11-12H2,1H3/t14-/m0/s1. The van der Waals surface area contributed by atoms with Crippen LogP contribution in [0.5, 0.6) is 0 Å². The summed E-state index contributed by atoms with van der Waals surface area (Å²) in [5, 5.41) is 18.9. The van der Waals surface area contributed by atoms with Gasteiger partial charge in [-0.2, -0.15) is 5.26 Å². The molecule has 0 radical (unpaired) electrons. The fourth-order valence-electron chi connectivity index (χ4n) is 3.17. The highest BCUT2D eigenvalue weighted by molar-refractivity contribution is 5.65. The third-order valence-corrected chi connectivity index (χ3v) is 4.26. The molecule has 1 N–H and O–H groups in total. The van der Waals surface area contributed by atoms with Gasteiger partial charge in [0.1, 0.15) is 6.07 Å². The van der Waals surface area contributed by atoms with Crippen molar-refractivity contribution in [3.8, 4) is 6.07 Å². The zero-order chi connectivity index (χ0) is 15.5. The fourth-order valence-corrected chi connectivity index (χ4v) is 3.17. The number of fused-ring (bicyclic) bond motifs is 1. The highest BCUT2D eigenvalue weighted by atomic mass is 16.3. The summed E-state index contributed by atoms with van der Waals surface area (Å²) in [5.41, 5.74) is 2.86. The number of aliphatic hydroxyl groups excluding tert-OH is 1. The minimum atomic E-state index is -0.270. The molecule has 3 heterocycles. The van der Waals surface area contributed by atoms with Crippen LogP contribution >= 0.6 is 0 Å². The molecule has 5 nitrogen and oxygen atoms in total.